The maximum absolute atomic E-state index is 12.0. The third-order valence-corrected chi connectivity index (χ3v) is 4.79. The van der Waals surface area contributed by atoms with Crippen molar-refractivity contribution in [2.45, 2.75) is 32.8 Å². The lowest BCUT2D eigenvalue weighted by Crippen LogP contribution is -2.40. The quantitative estimate of drug-likeness (QED) is 0.358. The molecule has 1 heterocycles. The highest BCUT2D eigenvalue weighted by Crippen LogP contribution is 2.17. The number of amides is 1. The summed E-state index contributed by atoms with van der Waals surface area (Å²) < 4.78 is 22.0. The fraction of sp³-hybridized carbons (Fsp3) is 0.696. The van der Waals surface area contributed by atoms with Gasteiger partial charge in [-0.25, -0.2) is 0 Å². The minimum Gasteiger partial charge on any atom is -0.491 e. The number of hydrogen-bond donors (Lipinski definition) is 3. The second kappa shape index (κ2) is 15.0. The van der Waals surface area contributed by atoms with Crippen LogP contribution in [0.3, 0.4) is 0 Å². The van der Waals surface area contributed by atoms with Crippen molar-refractivity contribution in [1.29, 1.82) is 0 Å². The number of rotatable bonds is 15. The molecule has 0 aliphatic carbocycles. The summed E-state index contributed by atoms with van der Waals surface area (Å²) >= 11 is 0. The van der Waals surface area contributed by atoms with E-state index in [-0.39, 0.29) is 18.4 Å². The Morgan fingerprint density at radius 3 is 2.42 bits per heavy atom. The summed E-state index contributed by atoms with van der Waals surface area (Å²) in [4.78, 5) is 12.0. The molecule has 8 heteroatoms. The first-order valence-electron chi connectivity index (χ1n) is 11.2. The summed E-state index contributed by atoms with van der Waals surface area (Å²) in [5, 5.41) is 16.1. The SMILES string of the molecule is CC(C)COCCOc1ccc(OCC(O)CNCCNC(=O)C2CCOCC2)cc1. The van der Waals surface area contributed by atoms with Crippen molar-refractivity contribution >= 4 is 5.91 Å². The summed E-state index contributed by atoms with van der Waals surface area (Å²) in [6, 6.07) is 7.31. The number of ether oxygens (including phenoxy) is 4. The average Bonchev–Trinajstić information content (AvgIpc) is 2.78. The van der Waals surface area contributed by atoms with Gasteiger partial charge in [0.15, 0.2) is 0 Å². The van der Waals surface area contributed by atoms with Gasteiger partial charge in [-0.3, -0.25) is 4.79 Å². The Hall–Kier alpha value is -1.87. The molecule has 1 aromatic carbocycles. The predicted molar refractivity (Wildman–Crippen MR) is 119 cm³/mol. The first-order chi connectivity index (χ1) is 15.0. The molecule has 1 atom stereocenters. The van der Waals surface area contributed by atoms with Gasteiger partial charge in [-0.1, -0.05) is 13.8 Å². The number of carbonyl (C=O) groups is 1. The van der Waals surface area contributed by atoms with Crippen LogP contribution in [0.15, 0.2) is 24.3 Å². The van der Waals surface area contributed by atoms with Crippen LogP contribution in [0.1, 0.15) is 26.7 Å². The predicted octanol–water partition coefficient (Wildman–Crippen LogP) is 1.61. The van der Waals surface area contributed by atoms with Crippen LogP contribution in [0.5, 0.6) is 11.5 Å². The zero-order valence-corrected chi connectivity index (χ0v) is 18.8. The van der Waals surface area contributed by atoms with E-state index < -0.39 is 6.10 Å². The molecule has 0 bridgehead atoms. The molecule has 1 aliphatic rings. The molecule has 2 rings (SSSR count). The topological polar surface area (TPSA) is 98.3 Å². The van der Waals surface area contributed by atoms with Crippen molar-refractivity contribution in [3.8, 4) is 11.5 Å². The number of aliphatic hydroxyl groups excluding tert-OH is 1. The number of hydrogen-bond acceptors (Lipinski definition) is 7. The van der Waals surface area contributed by atoms with Gasteiger partial charge in [0.25, 0.3) is 0 Å². The molecule has 1 aromatic rings. The highest BCUT2D eigenvalue weighted by molar-refractivity contribution is 5.78. The van der Waals surface area contributed by atoms with Gasteiger partial charge in [0.05, 0.1) is 6.61 Å². The van der Waals surface area contributed by atoms with Crippen molar-refractivity contribution in [2.24, 2.45) is 11.8 Å². The van der Waals surface area contributed by atoms with Gasteiger partial charge >= 0.3 is 0 Å². The Labute approximate surface area is 185 Å². The molecule has 0 spiro atoms. The lowest BCUT2D eigenvalue weighted by atomic mass is 9.99. The van der Waals surface area contributed by atoms with Gasteiger partial charge < -0.3 is 34.7 Å². The van der Waals surface area contributed by atoms with Crippen LogP contribution in [-0.4, -0.2) is 76.4 Å². The first-order valence-corrected chi connectivity index (χ1v) is 11.2. The van der Waals surface area contributed by atoms with E-state index in [0.717, 1.165) is 25.2 Å². The van der Waals surface area contributed by atoms with Crippen LogP contribution < -0.4 is 20.1 Å². The van der Waals surface area contributed by atoms with E-state index in [1.165, 1.54) is 0 Å². The van der Waals surface area contributed by atoms with E-state index in [4.69, 9.17) is 18.9 Å². The fourth-order valence-electron chi connectivity index (χ4n) is 3.07. The second-order valence-electron chi connectivity index (χ2n) is 8.14. The number of benzene rings is 1. The zero-order chi connectivity index (χ0) is 22.3. The lowest BCUT2D eigenvalue weighted by molar-refractivity contribution is -0.127. The average molecular weight is 439 g/mol. The second-order valence-corrected chi connectivity index (χ2v) is 8.14. The standard InChI is InChI=1S/C23H38N2O6/c1-18(2)16-29-13-14-30-21-3-5-22(6-4-21)31-17-20(26)15-24-9-10-25-23(27)19-7-11-28-12-8-19/h3-6,18-20,24,26H,7-17H2,1-2H3,(H,25,27). The Balaban J connectivity index is 1.49. The molecule has 0 radical (unpaired) electrons. The smallest absolute Gasteiger partial charge is 0.223 e. The van der Waals surface area contributed by atoms with E-state index in [2.05, 4.69) is 24.5 Å². The molecule has 1 saturated heterocycles. The maximum atomic E-state index is 12.0. The van der Waals surface area contributed by atoms with Gasteiger partial charge in [-0.2, -0.15) is 0 Å². The molecule has 1 unspecified atom stereocenters. The van der Waals surface area contributed by atoms with Crippen LogP contribution in [0.25, 0.3) is 0 Å². The summed E-state index contributed by atoms with van der Waals surface area (Å²) in [6.07, 6.45) is 0.935. The highest BCUT2D eigenvalue weighted by Gasteiger charge is 2.20. The molecule has 0 saturated carbocycles. The molecular weight excluding hydrogens is 400 g/mol. The zero-order valence-electron chi connectivity index (χ0n) is 18.8. The summed E-state index contributed by atoms with van der Waals surface area (Å²) in [5.41, 5.74) is 0. The van der Waals surface area contributed by atoms with Crippen LogP contribution in [0.2, 0.25) is 0 Å². The molecule has 1 aliphatic heterocycles. The molecule has 31 heavy (non-hydrogen) atoms. The molecule has 1 fully saturated rings. The van der Waals surface area contributed by atoms with Crippen molar-refractivity contribution < 1.29 is 28.8 Å². The van der Waals surface area contributed by atoms with Gasteiger partial charge in [-0.15, -0.1) is 0 Å². The third kappa shape index (κ3) is 11.4. The number of aliphatic hydroxyl groups is 1. The van der Waals surface area contributed by atoms with Gasteiger partial charge in [0.2, 0.25) is 5.91 Å². The maximum Gasteiger partial charge on any atom is 0.223 e. The number of carbonyl (C=O) groups excluding carboxylic acids is 1. The van der Waals surface area contributed by atoms with E-state index in [0.29, 0.717) is 57.7 Å². The van der Waals surface area contributed by atoms with Crippen molar-refractivity contribution in [3.63, 3.8) is 0 Å². The highest BCUT2D eigenvalue weighted by atomic mass is 16.5. The largest absolute Gasteiger partial charge is 0.491 e. The lowest BCUT2D eigenvalue weighted by Gasteiger charge is -2.21. The normalized spacial score (nSPS) is 15.6. The minimum absolute atomic E-state index is 0.0581. The van der Waals surface area contributed by atoms with Gasteiger partial charge in [0, 0.05) is 45.4 Å². The van der Waals surface area contributed by atoms with Crippen molar-refractivity contribution in [2.75, 3.05) is 59.3 Å². The molecule has 176 valence electrons. The molecular formula is C23H38N2O6. The minimum atomic E-state index is -0.639. The van der Waals surface area contributed by atoms with E-state index in [1.54, 1.807) is 0 Å². The molecule has 8 nitrogen and oxygen atoms in total. The summed E-state index contributed by atoms with van der Waals surface area (Å²) in [7, 11) is 0. The van der Waals surface area contributed by atoms with Crippen molar-refractivity contribution in [1.82, 2.24) is 10.6 Å². The summed E-state index contributed by atoms with van der Waals surface area (Å²) in [5.74, 6) is 2.09. The van der Waals surface area contributed by atoms with Crippen LogP contribution >= 0.6 is 0 Å². The Morgan fingerprint density at radius 2 is 1.74 bits per heavy atom. The van der Waals surface area contributed by atoms with Gasteiger partial charge in [0.1, 0.15) is 30.8 Å². The van der Waals surface area contributed by atoms with E-state index in [9.17, 15) is 9.90 Å². The number of nitrogens with one attached hydrogen (secondary N) is 2. The van der Waals surface area contributed by atoms with Crippen LogP contribution in [0.4, 0.5) is 0 Å². The Bertz CT molecular complexity index is 605. The summed E-state index contributed by atoms with van der Waals surface area (Å²) in [6.45, 7) is 9.06. The Morgan fingerprint density at radius 1 is 1.06 bits per heavy atom. The van der Waals surface area contributed by atoms with Gasteiger partial charge in [-0.05, 0) is 43.0 Å². The Kier molecular flexibility index (Phi) is 12.3. The van der Waals surface area contributed by atoms with Crippen LogP contribution in [-0.2, 0) is 14.3 Å². The molecule has 1 amide bonds. The molecule has 3 N–H and O–H groups in total. The first kappa shape index (κ1) is 25.4. The monoisotopic (exact) mass is 438 g/mol. The van der Waals surface area contributed by atoms with Crippen LogP contribution in [0, 0.1) is 11.8 Å². The van der Waals surface area contributed by atoms with Crippen molar-refractivity contribution in [3.05, 3.63) is 24.3 Å². The van der Waals surface area contributed by atoms with E-state index in [1.807, 2.05) is 24.3 Å². The third-order valence-electron chi connectivity index (χ3n) is 4.79. The fourth-order valence-corrected chi connectivity index (χ4v) is 3.07. The molecule has 0 aromatic heterocycles. The van der Waals surface area contributed by atoms with E-state index >= 15 is 0 Å².